The maximum absolute atomic E-state index is 12.3. The van der Waals surface area contributed by atoms with Gasteiger partial charge in [0.25, 0.3) is 0 Å². The molecule has 2 rings (SSSR count). The Balaban J connectivity index is 1.74. The maximum atomic E-state index is 12.3. The summed E-state index contributed by atoms with van der Waals surface area (Å²) in [5, 5.41) is 8.63. The molecular formula is C14H25N3O4. The molecule has 0 saturated carbocycles. The summed E-state index contributed by atoms with van der Waals surface area (Å²) in [6.07, 6.45) is 1.61. The van der Waals surface area contributed by atoms with Crippen LogP contribution in [0.4, 0.5) is 4.79 Å². The highest BCUT2D eigenvalue weighted by atomic mass is 16.5. The number of hydrogen-bond donors (Lipinski definition) is 1. The maximum Gasteiger partial charge on any atom is 0.319 e. The molecule has 0 aromatic heterocycles. The van der Waals surface area contributed by atoms with Crippen molar-refractivity contribution in [3.63, 3.8) is 0 Å². The van der Waals surface area contributed by atoms with E-state index in [1.807, 2.05) is 4.90 Å². The number of urea groups is 1. The molecule has 2 aliphatic heterocycles. The number of rotatable bonds is 5. The van der Waals surface area contributed by atoms with Gasteiger partial charge in [0.2, 0.25) is 0 Å². The van der Waals surface area contributed by atoms with Crippen molar-refractivity contribution in [2.75, 3.05) is 53.0 Å². The van der Waals surface area contributed by atoms with Gasteiger partial charge in [-0.15, -0.1) is 0 Å². The van der Waals surface area contributed by atoms with Gasteiger partial charge in [-0.3, -0.25) is 9.69 Å². The number of hydrogen-bond acceptors (Lipinski definition) is 4. The molecule has 2 aliphatic rings. The number of nitrogens with zero attached hydrogens (tertiary/aromatic N) is 3. The first-order valence-electron chi connectivity index (χ1n) is 7.61. The van der Waals surface area contributed by atoms with E-state index in [0.29, 0.717) is 19.0 Å². The van der Waals surface area contributed by atoms with Gasteiger partial charge in [0.15, 0.2) is 0 Å². The van der Waals surface area contributed by atoms with Crippen LogP contribution in [0.15, 0.2) is 0 Å². The number of ether oxygens (including phenoxy) is 1. The zero-order chi connectivity index (χ0) is 15.2. The fraction of sp³-hybridized carbons (Fsp3) is 0.857. The van der Waals surface area contributed by atoms with Crippen LogP contribution < -0.4 is 0 Å². The third-order valence-corrected chi connectivity index (χ3v) is 4.21. The quantitative estimate of drug-likeness (QED) is 0.791. The molecule has 120 valence electrons. The number of likely N-dealkylation sites (tertiary alicyclic amines) is 1. The Morgan fingerprint density at radius 1 is 1.29 bits per heavy atom. The Hall–Kier alpha value is -1.34. The number of carbonyl (C=O) groups is 2. The average molecular weight is 299 g/mol. The highest BCUT2D eigenvalue weighted by Crippen LogP contribution is 2.18. The van der Waals surface area contributed by atoms with Gasteiger partial charge in [0.1, 0.15) is 0 Å². The molecule has 7 nitrogen and oxygen atoms in total. The Kier molecular flexibility index (Phi) is 5.81. The number of carboxylic acid groups (broad SMARTS) is 1. The molecule has 2 amide bonds. The molecular weight excluding hydrogens is 274 g/mol. The van der Waals surface area contributed by atoms with Gasteiger partial charge in [-0.05, 0) is 12.8 Å². The molecule has 21 heavy (non-hydrogen) atoms. The van der Waals surface area contributed by atoms with Crippen LogP contribution in [0.1, 0.15) is 19.3 Å². The summed E-state index contributed by atoms with van der Waals surface area (Å²) < 4.78 is 5.36. The van der Waals surface area contributed by atoms with E-state index in [-0.39, 0.29) is 12.5 Å². The van der Waals surface area contributed by atoms with Gasteiger partial charge < -0.3 is 19.6 Å². The number of morpholine rings is 1. The summed E-state index contributed by atoms with van der Waals surface area (Å²) in [4.78, 5) is 28.7. The summed E-state index contributed by atoms with van der Waals surface area (Å²) in [7, 11) is 1.74. The standard InChI is InChI=1S/C14H25N3O4/c1-15(5-2-3-13(18)19)14(20)17-6-4-12(11-17)16-7-9-21-10-8-16/h12H,2-11H2,1H3,(H,18,19). The van der Waals surface area contributed by atoms with Crippen LogP contribution in [0.3, 0.4) is 0 Å². The molecule has 7 heteroatoms. The Morgan fingerprint density at radius 2 is 2.00 bits per heavy atom. The largest absolute Gasteiger partial charge is 0.481 e. The normalized spacial score (nSPS) is 23.3. The van der Waals surface area contributed by atoms with E-state index >= 15 is 0 Å². The number of aliphatic carboxylic acids is 1. The van der Waals surface area contributed by atoms with Crippen molar-refractivity contribution in [1.29, 1.82) is 0 Å². The van der Waals surface area contributed by atoms with Crippen molar-refractivity contribution in [2.24, 2.45) is 0 Å². The summed E-state index contributed by atoms with van der Waals surface area (Å²) >= 11 is 0. The van der Waals surface area contributed by atoms with E-state index in [0.717, 1.165) is 45.8 Å². The zero-order valence-corrected chi connectivity index (χ0v) is 12.7. The molecule has 0 aliphatic carbocycles. The Morgan fingerprint density at radius 3 is 2.67 bits per heavy atom. The second kappa shape index (κ2) is 7.61. The van der Waals surface area contributed by atoms with Crippen LogP contribution in [0.25, 0.3) is 0 Å². The topological polar surface area (TPSA) is 73.3 Å². The van der Waals surface area contributed by atoms with Crippen LogP contribution in [-0.2, 0) is 9.53 Å². The van der Waals surface area contributed by atoms with Gasteiger partial charge >= 0.3 is 12.0 Å². The number of carboxylic acids is 1. The lowest BCUT2D eigenvalue weighted by molar-refractivity contribution is -0.137. The van der Waals surface area contributed by atoms with Gasteiger partial charge in [-0.25, -0.2) is 4.79 Å². The monoisotopic (exact) mass is 299 g/mol. The van der Waals surface area contributed by atoms with E-state index in [4.69, 9.17) is 9.84 Å². The van der Waals surface area contributed by atoms with E-state index in [1.165, 1.54) is 0 Å². The van der Waals surface area contributed by atoms with Crippen LogP contribution >= 0.6 is 0 Å². The minimum atomic E-state index is -0.815. The summed E-state index contributed by atoms with van der Waals surface area (Å²) in [5.74, 6) is -0.815. The van der Waals surface area contributed by atoms with E-state index < -0.39 is 5.97 Å². The SMILES string of the molecule is CN(CCCC(=O)O)C(=O)N1CCC(N2CCOCC2)C1. The van der Waals surface area contributed by atoms with Crippen molar-refractivity contribution >= 4 is 12.0 Å². The number of amides is 2. The van der Waals surface area contributed by atoms with Crippen molar-refractivity contribution < 1.29 is 19.4 Å². The third kappa shape index (κ3) is 4.57. The molecule has 1 atom stereocenters. The number of carbonyl (C=O) groups excluding carboxylic acids is 1. The lowest BCUT2D eigenvalue weighted by Gasteiger charge is -2.32. The Bertz CT molecular complexity index is 371. The highest BCUT2D eigenvalue weighted by molar-refractivity contribution is 5.74. The molecule has 2 heterocycles. The van der Waals surface area contributed by atoms with Crippen molar-refractivity contribution in [2.45, 2.75) is 25.3 Å². The van der Waals surface area contributed by atoms with Gasteiger partial charge in [0, 0.05) is 52.2 Å². The lowest BCUT2D eigenvalue weighted by atomic mass is 10.2. The predicted molar refractivity (Wildman–Crippen MR) is 77.3 cm³/mol. The van der Waals surface area contributed by atoms with Crippen molar-refractivity contribution in [3.05, 3.63) is 0 Å². The fourth-order valence-corrected chi connectivity index (χ4v) is 2.96. The summed E-state index contributed by atoms with van der Waals surface area (Å²) in [6.45, 7) is 5.48. The second-order valence-corrected chi connectivity index (χ2v) is 5.74. The zero-order valence-electron chi connectivity index (χ0n) is 12.7. The second-order valence-electron chi connectivity index (χ2n) is 5.74. The first-order chi connectivity index (χ1) is 10.1. The van der Waals surface area contributed by atoms with E-state index in [1.54, 1.807) is 11.9 Å². The Labute approximate surface area is 125 Å². The van der Waals surface area contributed by atoms with Gasteiger partial charge in [-0.1, -0.05) is 0 Å². The fourth-order valence-electron chi connectivity index (χ4n) is 2.96. The predicted octanol–water partition coefficient (Wildman–Crippen LogP) is 0.310. The van der Waals surface area contributed by atoms with Crippen LogP contribution in [0, 0.1) is 0 Å². The summed E-state index contributed by atoms with van der Waals surface area (Å²) in [5.41, 5.74) is 0. The lowest BCUT2D eigenvalue weighted by Crippen LogP contribution is -2.46. The third-order valence-electron chi connectivity index (χ3n) is 4.21. The molecule has 1 N–H and O–H groups in total. The summed E-state index contributed by atoms with van der Waals surface area (Å²) in [6, 6.07) is 0.446. The minimum Gasteiger partial charge on any atom is -0.481 e. The van der Waals surface area contributed by atoms with E-state index in [9.17, 15) is 9.59 Å². The molecule has 0 bridgehead atoms. The van der Waals surface area contributed by atoms with Gasteiger partial charge in [0.05, 0.1) is 13.2 Å². The highest BCUT2D eigenvalue weighted by Gasteiger charge is 2.32. The average Bonchev–Trinajstić information content (AvgIpc) is 2.96. The molecule has 2 fully saturated rings. The van der Waals surface area contributed by atoms with Crippen LogP contribution in [-0.4, -0.2) is 90.8 Å². The minimum absolute atomic E-state index is 0.0103. The molecule has 0 radical (unpaired) electrons. The molecule has 0 spiro atoms. The molecule has 1 unspecified atom stereocenters. The molecule has 2 saturated heterocycles. The van der Waals surface area contributed by atoms with E-state index in [2.05, 4.69) is 4.90 Å². The van der Waals surface area contributed by atoms with Crippen LogP contribution in [0.2, 0.25) is 0 Å². The smallest absolute Gasteiger partial charge is 0.319 e. The van der Waals surface area contributed by atoms with Crippen LogP contribution in [0.5, 0.6) is 0 Å². The van der Waals surface area contributed by atoms with Gasteiger partial charge in [-0.2, -0.15) is 0 Å². The molecule has 0 aromatic rings. The first kappa shape index (κ1) is 16.0. The first-order valence-corrected chi connectivity index (χ1v) is 7.61. The van der Waals surface area contributed by atoms with Crippen molar-refractivity contribution in [3.8, 4) is 0 Å². The molecule has 0 aromatic carbocycles. The van der Waals surface area contributed by atoms with Crippen molar-refractivity contribution in [1.82, 2.24) is 14.7 Å².